The maximum Gasteiger partial charge on any atom is 0.165 e. The van der Waals surface area contributed by atoms with Gasteiger partial charge in [0.15, 0.2) is 11.6 Å². The minimum atomic E-state index is -0.662. The minimum absolute atomic E-state index is 0.387. The zero-order chi connectivity index (χ0) is 11.6. The summed E-state index contributed by atoms with van der Waals surface area (Å²) in [5.74, 6) is -1.05. The standard InChI is InChI=1S/C11H13BrFNO/c1-6(2)5-9(14)10-7(12)3-4-8(13)11(10)15/h3-4,9,15H,1,5,14H2,2H3/t9-/m0/s1. The van der Waals surface area contributed by atoms with Crippen molar-refractivity contribution in [3.8, 4) is 5.75 Å². The van der Waals surface area contributed by atoms with E-state index in [0.29, 0.717) is 16.5 Å². The monoisotopic (exact) mass is 273 g/mol. The first kappa shape index (κ1) is 12.2. The van der Waals surface area contributed by atoms with E-state index in [2.05, 4.69) is 22.5 Å². The van der Waals surface area contributed by atoms with Crippen LogP contribution in [0, 0.1) is 5.82 Å². The molecule has 0 amide bonds. The Morgan fingerprint density at radius 3 is 2.80 bits per heavy atom. The van der Waals surface area contributed by atoms with E-state index in [0.717, 1.165) is 5.57 Å². The fourth-order valence-corrected chi connectivity index (χ4v) is 2.00. The third kappa shape index (κ3) is 2.79. The van der Waals surface area contributed by atoms with E-state index < -0.39 is 17.6 Å². The maximum atomic E-state index is 13.1. The summed E-state index contributed by atoms with van der Waals surface area (Å²) in [7, 11) is 0. The second-order valence-electron chi connectivity index (χ2n) is 3.56. The summed E-state index contributed by atoms with van der Waals surface area (Å²) in [6.45, 7) is 5.57. The summed E-state index contributed by atoms with van der Waals surface area (Å²) in [5.41, 5.74) is 7.12. The van der Waals surface area contributed by atoms with Crippen molar-refractivity contribution in [3.63, 3.8) is 0 Å². The second-order valence-corrected chi connectivity index (χ2v) is 4.41. The maximum absolute atomic E-state index is 13.1. The fourth-order valence-electron chi connectivity index (χ4n) is 1.39. The molecule has 1 aromatic rings. The zero-order valence-electron chi connectivity index (χ0n) is 8.43. The third-order valence-electron chi connectivity index (χ3n) is 2.05. The molecular formula is C11H13BrFNO. The van der Waals surface area contributed by atoms with Crippen molar-refractivity contribution in [2.75, 3.05) is 0 Å². The van der Waals surface area contributed by atoms with E-state index in [9.17, 15) is 9.50 Å². The molecule has 0 spiro atoms. The average Bonchev–Trinajstić information content (AvgIpc) is 2.11. The Balaban J connectivity index is 3.12. The Labute approximate surface area is 96.7 Å². The number of phenolic OH excluding ortho intramolecular Hbond substituents is 1. The summed E-state index contributed by atoms with van der Waals surface area (Å²) < 4.78 is 13.7. The molecule has 3 N–H and O–H groups in total. The number of aromatic hydroxyl groups is 1. The van der Waals surface area contributed by atoms with Crippen LogP contribution in [0.5, 0.6) is 5.75 Å². The first-order chi connectivity index (χ1) is 6.93. The van der Waals surface area contributed by atoms with Gasteiger partial charge in [0.1, 0.15) is 0 Å². The summed E-state index contributed by atoms with van der Waals surface area (Å²) >= 11 is 3.24. The molecule has 0 aliphatic rings. The molecule has 1 rings (SSSR count). The molecule has 0 heterocycles. The van der Waals surface area contributed by atoms with Gasteiger partial charge in [-0.15, -0.1) is 6.58 Å². The van der Waals surface area contributed by atoms with Crippen LogP contribution < -0.4 is 5.73 Å². The fraction of sp³-hybridized carbons (Fsp3) is 0.273. The number of benzene rings is 1. The van der Waals surface area contributed by atoms with E-state index in [1.165, 1.54) is 12.1 Å². The van der Waals surface area contributed by atoms with Gasteiger partial charge in [-0.2, -0.15) is 0 Å². The van der Waals surface area contributed by atoms with Crippen molar-refractivity contribution in [1.29, 1.82) is 0 Å². The van der Waals surface area contributed by atoms with Crippen LogP contribution in [0.4, 0.5) is 4.39 Å². The quantitative estimate of drug-likeness (QED) is 0.831. The van der Waals surface area contributed by atoms with Crippen LogP contribution in [-0.4, -0.2) is 5.11 Å². The molecule has 0 fully saturated rings. The predicted octanol–water partition coefficient (Wildman–Crippen LogP) is 3.26. The Morgan fingerprint density at radius 1 is 1.67 bits per heavy atom. The highest BCUT2D eigenvalue weighted by atomic mass is 79.9. The van der Waals surface area contributed by atoms with E-state index >= 15 is 0 Å². The molecule has 4 heteroatoms. The van der Waals surface area contributed by atoms with Gasteiger partial charge in [0.2, 0.25) is 0 Å². The van der Waals surface area contributed by atoms with Crippen molar-refractivity contribution in [1.82, 2.24) is 0 Å². The minimum Gasteiger partial charge on any atom is -0.505 e. The molecule has 0 aliphatic carbocycles. The van der Waals surface area contributed by atoms with Crippen molar-refractivity contribution in [3.05, 3.63) is 40.1 Å². The van der Waals surface area contributed by atoms with E-state index in [1.54, 1.807) is 0 Å². The number of nitrogens with two attached hydrogens (primary N) is 1. The summed E-state index contributed by atoms with van der Waals surface area (Å²) in [4.78, 5) is 0. The van der Waals surface area contributed by atoms with Crippen LogP contribution in [0.15, 0.2) is 28.8 Å². The van der Waals surface area contributed by atoms with Gasteiger partial charge in [0, 0.05) is 16.1 Å². The summed E-state index contributed by atoms with van der Waals surface area (Å²) in [6, 6.07) is 2.27. The first-order valence-electron chi connectivity index (χ1n) is 4.50. The predicted molar refractivity (Wildman–Crippen MR) is 62.1 cm³/mol. The second kappa shape index (κ2) is 4.77. The van der Waals surface area contributed by atoms with Crippen LogP contribution >= 0.6 is 15.9 Å². The molecule has 0 aliphatic heterocycles. The smallest absolute Gasteiger partial charge is 0.165 e. The van der Waals surface area contributed by atoms with E-state index in [4.69, 9.17) is 5.73 Å². The lowest BCUT2D eigenvalue weighted by atomic mass is 10.0. The van der Waals surface area contributed by atoms with Crippen LogP contribution in [0.25, 0.3) is 0 Å². The van der Waals surface area contributed by atoms with Gasteiger partial charge >= 0.3 is 0 Å². The number of hydrogen-bond donors (Lipinski definition) is 2. The van der Waals surface area contributed by atoms with Gasteiger partial charge < -0.3 is 10.8 Å². The van der Waals surface area contributed by atoms with E-state index in [-0.39, 0.29) is 0 Å². The van der Waals surface area contributed by atoms with E-state index in [1.807, 2.05) is 6.92 Å². The normalized spacial score (nSPS) is 12.5. The molecule has 1 aromatic carbocycles. The lowest BCUT2D eigenvalue weighted by molar-refractivity contribution is 0.419. The number of hydrogen-bond acceptors (Lipinski definition) is 2. The van der Waals surface area contributed by atoms with Gasteiger partial charge in [0.05, 0.1) is 0 Å². The van der Waals surface area contributed by atoms with Crippen LogP contribution in [0.2, 0.25) is 0 Å². The van der Waals surface area contributed by atoms with Crippen LogP contribution in [0.1, 0.15) is 24.9 Å². The molecule has 0 unspecified atom stereocenters. The number of halogens is 2. The zero-order valence-corrected chi connectivity index (χ0v) is 10.0. The topological polar surface area (TPSA) is 46.2 Å². The molecule has 0 saturated carbocycles. The Morgan fingerprint density at radius 2 is 2.27 bits per heavy atom. The van der Waals surface area contributed by atoms with Crippen molar-refractivity contribution in [2.24, 2.45) is 5.73 Å². The molecule has 82 valence electrons. The highest BCUT2D eigenvalue weighted by molar-refractivity contribution is 9.10. The van der Waals surface area contributed by atoms with Gasteiger partial charge in [0.25, 0.3) is 0 Å². The third-order valence-corrected chi connectivity index (χ3v) is 2.75. The largest absolute Gasteiger partial charge is 0.505 e. The molecule has 0 aromatic heterocycles. The highest BCUT2D eigenvalue weighted by Crippen LogP contribution is 2.34. The Bertz CT molecular complexity index is 392. The molecule has 1 atom stereocenters. The average molecular weight is 274 g/mol. The molecule has 15 heavy (non-hydrogen) atoms. The van der Waals surface area contributed by atoms with Gasteiger partial charge in [-0.3, -0.25) is 0 Å². The highest BCUT2D eigenvalue weighted by Gasteiger charge is 2.17. The van der Waals surface area contributed by atoms with Crippen molar-refractivity contribution < 1.29 is 9.50 Å². The van der Waals surface area contributed by atoms with Crippen LogP contribution in [0.3, 0.4) is 0 Å². The summed E-state index contributed by atoms with van der Waals surface area (Å²) in [6.07, 6.45) is 0.510. The molecule has 0 saturated heterocycles. The summed E-state index contributed by atoms with van der Waals surface area (Å²) in [5, 5.41) is 9.55. The lowest BCUT2D eigenvalue weighted by Gasteiger charge is -2.15. The van der Waals surface area contributed by atoms with Gasteiger partial charge in [-0.1, -0.05) is 21.5 Å². The van der Waals surface area contributed by atoms with Crippen LogP contribution in [-0.2, 0) is 0 Å². The van der Waals surface area contributed by atoms with Gasteiger partial charge in [-0.25, -0.2) is 4.39 Å². The number of phenols is 1. The Kier molecular flexibility index (Phi) is 3.88. The molecule has 0 bridgehead atoms. The Hall–Kier alpha value is -0.870. The van der Waals surface area contributed by atoms with Gasteiger partial charge in [-0.05, 0) is 25.5 Å². The van der Waals surface area contributed by atoms with Crippen molar-refractivity contribution in [2.45, 2.75) is 19.4 Å². The molecule has 0 radical (unpaired) electrons. The SMILES string of the molecule is C=C(C)C[C@H](N)c1c(Br)ccc(F)c1O. The lowest BCUT2D eigenvalue weighted by Crippen LogP contribution is -2.12. The molecule has 2 nitrogen and oxygen atoms in total. The molecular weight excluding hydrogens is 261 g/mol. The van der Waals surface area contributed by atoms with Crippen molar-refractivity contribution >= 4 is 15.9 Å². The number of rotatable bonds is 3. The first-order valence-corrected chi connectivity index (χ1v) is 5.29.